The van der Waals surface area contributed by atoms with Crippen molar-refractivity contribution in [1.29, 1.82) is 0 Å². The Bertz CT molecular complexity index is 487. The van der Waals surface area contributed by atoms with Gasteiger partial charge in [-0.2, -0.15) is 0 Å². The van der Waals surface area contributed by atoms with E-state index in [0.29, 0.717) is 5.92 Å². The molecule has 18 heavy (non-hydrogen) atoms. The Balaban J connectivity index is 2.93. The molecule has 1 unspecified atom stereocenters. The van der Waals surface area contributed by atoms with Crippen LogP contribution in [0.25, 0.3) is 0 Å². The van der Waals surface area contributed by atoms with Crippen LogP contribution < -0.4 is 4.72 Å². The second-order valence-electron chi connectivity index (χ2n) is 4.29. The average Bonchev–Trinajstić information content (AvgIpc) is 2.30. The Labute approximate surface area is 114 Å². The number of aromatic nitrogens is 1. The molecule has 0 fully saturated rings. The zero-order chi connectivity index (χ0) is 13.8. The number of rotatable bonds is 6. The highest BCUT2D eigenvalue weighted by atomic mass is 35.5. The van der Waals surface area contributed by atoms with Crippen LogP contribution in [0.2, 0.25) is 5.02 Å². The lowest BCUT2D eigenvalue weighted by molar-refractivity contribution is 0.390. The summed E-state index contributed by atoms with van der Waals surface area (Å²) in [6.45, 7) is 5.98. The predicted octanol–water partition coefficient (Wildman–Crippen LogP) is 2.84. The molecule has 1 N–H and O–H groups in total. The predicted molar refractivity (Wildman–Crippen MR) is 73.1 cm³/mol. The highest BCUT2D eigenvalue weighted by Gasteiger charge is 2.23. The minimum atomic E-state index is -3.60. The summed E-state index contributed by atoms with van der Waals surface area (Å²) in [5.74, 6) is 0.315. The number of pyridine rings is 1. The van der Waals surface area contributed by atoms with Gasteiger partial charge in [0.25, 0.3) is 0 Å². The van der Waals surface area contributed by atoms with Gasteiger partial charge in [0.2, 0.25) is 10.0 Å². The van der Waals surface area contributed by atoms with Crippen molar-refractivity contribution in [2.75, 3.05) is 0 Å². The quantitative estimate of drug-likeness (QED) is 0.876. The molecule has 0 radical (unpaired) electrons. The van der Waals surface area contributed by atoms with Crippen LogP contribution in [0.15, 0.2) is 23.4 Å². The minimum Gasteiger partial charge on any atom is -0.263 e. The van der Waals surface area contributed by atoms with Crippen LogP contribution in [0.1, 0.15) is 33.6 Å². The second-order valence-corrected chi connectivity index (χ2v) is 6.38. The number of hydrogen-bond donors (Lipinski definition) is 1. The Morgan fingerprint density at radius 1 is 1.39 bits per heavy atom. The summed E-state index contributed by atoms with van der Waals surface area (Å²) in [4.78, 5) is 3.83. The van der Waals surface area contributed by atoms with Crippen LogP contribution in [0, 0.1) is 5.92 Å². The summed E-state index contributed by atoms with van der Waals surface area (Å²) in [5, 5.41) is 0.189. The molecule has 4 nitrogen and oxygen atoms in total. The summed E-state index contributed by atoms with van der Waals surface area (Å²) in [6.07, 6.45) is 4.60. The van der Waals surface area contributed by atoms with Crippen molar-refractivity contribution in [2.45, 2.75) is 44.6 Å². The fourth-order valence-electron chi connectivity index (χ4n) is 1.96. The molecule has 0 spiro atoms. The van der Waals surface area contributed by atoms with Gasteiger partial charge in [-0.1, -0.05) is 38.3 Å². The van der Waals surface area contributed by atoms with E-state index < -0.39 is 10.0 Å². The molecule has 0 aromatic carbocycles. The average molecular weight is 291 g/mol. The third-order valence-electron chi connectivity index (χ3n) is 3.12. The van der Waals surface area contributed by atoms with Gasteiger partial charge < -0.3 is 0 Å². The molecule has 1 atom stereocenters. The zero-order valence-corrected chi connectivity index (χ0v) is 12.4. The van der Waals surface area contributed by atoms with Crippen molar-refractivity contribution < 1.29 is 8.42 Å². The highest BCUT2D eigenvalue weighted by Crippen LogP contribution is 2.21. The molecular formula is C12H19ClN2O2S. The number of nitrogens with zero attached hydrogens (tertiary/aromatic N) is 1. The van der Waals surface area contributed by atoms with E-state index >= 15 is 0 Å². The Morgan fingerprint density at radius 2 is 2.00 bits per heavy atom. The molecule has 1 rings (SSSR count). The molecule has 1 heterocycles. The third-order valence-corrected chi connectivity index (χ3v) is 5.15. The minimum absolute atomic E-state index is 0.0319. The summed E-state index contributed by atoms with van der Waals surface area (Å²) in [7, 11) is -3.60. The van der Waals surface area contributed by atoms with Gasteiger partial charge in [-0.15, -0.1) is 0 Å². The topological polar surface area (TPSA) is 59.1 Å². The largest absolute Gasteiger partial charge is 0.263 e. The number of halogens is 1. The van der Waals surface area contributed by atoms with Crippen molar-refractivity contribution in [3.63, 3.8) is 0 Å². The monoisotopic (exact) mass is 290 g/mol. The van der Waals surface area contributed by atoms with Gasteiger partial charge in [0.15, 0.2) is 0 Å². The van der Waals surface area contributed by atoms with Gasteiger partial charge in [0.05, 0.1) is 5.02 Å². The first-order chi connectivity index (χ1) is 8.42. The molecule has 0 aliphatic rings. The lowest BCUT2D eigenvalue weighted by Gasteiger charge is -2.22. The SMILES string of the molecule is CCC(CC)C(C)NS(=O)(=O)c1cnccc1Cl. The molecule has 0 amide bonds. The van der Waals surface area contributed by atoms with Crippen LogP contribution in [-0.4, -0.2) is 19.4 Å². The third kappa shape index (κ3) is 3.67. The van der Waals surface area contributed by atoms with E-state index in [-0.39, 0.29) is 16.0 Å². The van der Waals surface area contributed by atoms with Crippen LogP contribution in [0.5, 0.6) is 0 Å². The maximum atomic E-state index is 12.2. The molecular weight excluding hydrogens is 272 g/mol. The summed E-state index contributed by atoms with van der Waals surface area (Å²) >= 11 is 5.88. The van der Waals surface area contributed by atoms with Crippen LogP contribution in [0.4, 0.5) is 0 Å². The molecule has 0 bridgehead atoms. The lowest BCUT2D eigenvalue weighted by Crippen LogP contribution is -2.37. The normalized spacial score (nSPS) is 13.8. The molecule has 0 saturated carbocycles. The zero-order valence-electron chi connectivity index (χ0n) is 10.9. The Kier molecular flexibility index (Phi) is 5.56. The van der Waals surface area contributed by atoms with E-state index in [1.165, 1.54) is 18.5 Å². The summed E-state index contributed by atoms with van der Waals surface area (Å²) in [6, 6.07) is 1.35. The molecule has 0 aliphatic carbocycles. The van der Waals surface area contributed by atoms with Crippen LogP contribution in [0.3, 0.4) is 0 Å². The van der Waals surface area contributed by atoms with Crippen LogP contribution in [-0.2, 0) is 10.0 Å². The van der Waals surface area contributed by atoms with E-state index in [9.17, 15) is 8.42 Å². The van der Waals surface area contributed by atoms with Gasteiger partial charge in [0, 0.05) is 18.4 Å². The smallest absolute Gasteiger partial charge is 0.243 e. The van der Waals surface area contributed by atoms with Gasteiger partial charge in [-0.3, -0.25) is 4.98 Å². The Morgan fingerprint density at radius 3 is 2.50 bits per heavy atom. The van der Waals surface area contributed by atoms with E-state index in [1.54, 1.807) is 0 Å². The maximum absolute atomic E-state index is 12.2. The summed E-state index contributed by atoms with van der Waals surface area (Å²) in [5.41, 5.74) is 0. The van der Waals surface area contributed by atoms with Crippen molar-refractivity contribution >= 4 is 21.6 Å². The van der Waals surface area contributed by atoms with Gasteiger partial charge in [-0.05, 0) is 18.9 Å². The fourth-order valence-corrected chi connectivity index (χ4v) is 3.70. The second kappa shape index (κ2) is 6.50. The lowest BCUT2D eigenvalue weighted by atomic mass is 9.96. The standard InChI is InChI=1S/C12H19ClN2O2S/c1-4-10(5-2)9(3)15-18(16,17)12-8-14-7-6-11(12)13/h6-10,15H,4-5H2,1-3H3. The molecule has 6 heteroatoms. The summed E-state index contributed by atoms with van der Waals surface area (Å²) < 4.78 is 27.0. The molecule has 0 saturated heterocycles. The van der Waals surface area contributed by atoms with Crippen molar-refractivity contribution in [3.05, 3.63) is 23.5 Å². The molecule has 102 valence electrons. The van der Waals surface area contributed by atoms with Crippen molar-refractivity contribution in [2.24, 2.45) is 5.92 Å². The maximum Gasteiger partial charge on any atom is 0.243 e. The first-order valence-electron chi connectivity index (χ1n) is 6.04. The number of sulfonamides is 1. The van der Waals surface area contributed by atoms with Crippen molar-refractivity contribution in [3.8, 4) is 0 Å². The Hall–Kier alpha value is -0.650. The van der Waals surface area contributed by atoms with E-state index in [4.69, 9.17) is 11.6 Å². The molecule has 1 aromatic rings. The first kappa shape index (κ1) is 15.4. The number of hydrogen-bond acceptors (Lipinski definition) is 3. The van der Waals surface area contributed by atoms with Gasteiger partial charge in [0.1, 0.15) is 4.90 Å². The first-order valence-corrected chi connectivity index (χ1v) is 7.90. The molecule has 1 aromatic heterocycles. The fraction of sp³-hybridized carbons (Fsp3) is 0.583. The molecule has 0 aliphatic heterocycles. The van der Waals surface area contributed by atoms with E-state index in [1.807, 2.05) is 6.92 Å². The van der Waals surface area contributed by atoms with Gasteiger partial charge >= 0.3 is 0 Å². The van der Waals surface area contributed by atoms with Crippen LogP contribution >= 0.6 is 11.6 Å². The van der Waals surface area contributed by atoms with E-state index in [0.717, 1.165) is 12.8 Å². The van der Waals surface area contributed by atoms with Gasteiger partial charge in [-0.25, -0.2) is 13.1 Å². The highest BCUT2D eigenvalue weighted by molar-refractivity contribution is 7.89. The number of nitrogens with one attached hydrogen (secondary N) is 1. The van der Waals surface area contributed by atoms with Crippen molar-refractivity contribution in [1.82, 2.24) is 9.71 Å². The van der Waals surface area contributed by atoms with E-state index in [2.05, 4.69) is 23.6 Å².